The maximum atomic E-state index is 12.5. The Bertz CT molecular complexity index is 527. The number of hydrogen-bond acceptors (Lipinski definition) is 3. The summed E-state index contributed by atoms with van der Waals surface area (Å²) in [4.78, 5) is 0. The SMILES string of the molecule is CCCNCc1cccc(CS(=O)(=O)N(CC)C(C)C)c1. The number of rotatable bonds is 9. The Kier molecular flexibility index (Phi) is 7.35. The summed E-state index contributed by atoms with van der Waals surface area (Å²) in [5, 5.41) is 3.33. The summed E-state index contributed by atoms with van der Waals surface area (Å²) in [6, 6.07) is 7.82. The van der Waals surface area contributed by atoms with E-state index >= 15 is 0 Å². The second kappa shape index (κ2) is 8.51. The normalized spacial score (nSPS) is 12.3. The summed E-state index contributed by atoms with van der Waals surface area (Å²) in [7, 11) is -3.25. The van der Waals surface area contributed by atoms with Gasteiger partial charge in [-0.2, -0.15) is 4.31 Å². The molecular formula is C16H28N2O2S. The van der Waals surface area contributed by atoms with Gasteiger partial charge < -0.3 is 5.32 Å². The van der Waals surface area contributed by atoms with Crippen LogP contribution in [0.4, 0.5) is 0 Å². The lowest BCUT2D eigenvalue weighted by molar-refractivity contribution is 0.368. The van der Waals surface area contributed by atoms with E-state index in [1.54, 1.807) is 4.31 Å². The fourth-order valence-electron chi connectivity index (χ4n) is 2.42. The van der Waals surface area contributed by atoms with Gasteiger partial charge in [-0.25, -0.2) is 8.42 Å². The van der Waals surface area contributed by atoms with Crippen molar-refractivity contribution in [1.29, 1.82) is 0 Å². The molecule has 0 heterocycles. The van der Waals surface area contributed by atoms with E-state index in [4.69, 9.17) is 0 Å². The van der Waals surface area contributed by atoms with Crippen LogP contribution in [0.2, 0.25) is 0 Å². The van der Waals surface area contributed by atoms with Crippen LogP contribution in [0, 0.1) is 0 Å². The molecule has 0 radical (unpaired) electrons. The molecule has 0 bridgehead atoms. The highest BCUT2D eigenvalue weighted by Gasteiger charge is 2.23. The van der Waals surface area contributed by atoms with Crippen molar-refractivity contribution in [2.45, 2.75) is 52.5 Å². The van der Waals surface area contributed by atoms with Crippen LogP contribution in [0.5, 0.6) is 0 Å². The average molecular weight is 312 g/mol. The second-order valence-corrected chi connectivity index (χ2v) is 7.47. The fraction of sp³-hybridized carbons (Fsp3) is 0.625. The third kappa shape index (κ3) is 5.77. The van der Waals surface area contributed by atoms with Crippen molar-refractivity contribution in [1.82, 2.24) is 9.62 Å². The molecule has 0 fully saturated rings. The summed E-state index contributed by atoms with van der Waals surface area (Å²) >= 11 is 0. The Morgan fingerprint density at radius 1 is 1.19 bits per heavy atom. The Balaban J connectivity index is 2.80. The Hall–Kier alpha value is -0.910. The van der Waals surface area contributed by atoms with E-state index in [1.165, 1.54) is 0 Å². The van der Waals surface area contributed by atoms with Crippen molar-refractivity contribution in [2.24, 2.45) is 0 Å². The molecule has 0 aliphatic rings. The molecule has 0 atom stereocenters. The lowest BCUT2D eigenvalue weighted by atomic mass is 10.1. The molecule has 120 valence electrons. The van der Waals surface area contributed by atoms with E-state index in [2.05, 4.69) is 12.2 Å². The Morgan fingerprint density at radius 2 is 1.86 bits per heavy atom. The topological polar surface area (TPSA) is 49.4 Å². The van der Waals surface area contributed by atoms with Crippen LogP contribution in [0.1, 0.15) is 45.2 Å². The molecule has 0 aliphatic carbocycles. The summed E-state index contributed by atoms with van der Waals surface area (Å²) in [6.45, 7) is 10.1. The zero-order valence-corrected chi connectivity index (χ0v) is 14.4. The predicted octanol–water partition coefficient (Wildman–Crippen LogP) is 2.75. The molecule has 0 saturated carbocycles. The average Bonchev–Trinajstić information content (AvgIpc) is 2.38. The van der Waals surface area contributed by atoms with Gasteiger partial charge in [-0.3, -0.25) is 0 Å². The Morgan fingerprint density at radius 3 is 2.43 bits per heavy atom. The van der Waals surface area contributed by atoms with Gasteiger partial charge in [-0.05, 0) is 37.9 Å². The minimum Gasteiger partial charge on any atom is -0.313 e. The largest absolute Gasteiger partial charge is 0.313 e. The van der Waals surface area contributed by atoms with E-state index < -0.39 is 10.0 Å². The molecule has 1 rings (SSSR count). The van der Waals surface area contributed by atoms with Crippen molar-refractivity contribution >= 4 is 10.0 Å². The molecule has 4 nitrogen and oxygen atoms in total. The number of sulfonamides is 1. The van der Waals surface area contributed by atoms with Crippen molar-refractivity contribution in [2.75, 3.05) is 13.1 Å². The van der Waals surface area contributed by atoms with Crippen molar-refractivity contribution < 1.29 is 8.42 Å². The van der Waals surface area contributed by atoms with Gasteiger partial charge in [0.15, 0.2) is 0 Å². The molecule has 1 aromatic carbocycles. The minimum atomic E-state index is -3.25. The van der Waals surface area contributed by atoms with Crippen LogP contribution in [0.15, 0.2) is 24.3 Å². The molecule has 0 saturated heterocycles. The van der Waals surface area contributed by atoms with E-state index in [0.717, 1.165) is 30.6 Å². The zero-order chi connectivity index (χ0) is 15.9. The van der Waals surface area contributed by atoms with Gasteiger partial charge in [-0.1, -0.05) is 38.1 Å². The van der Waals surface area contributed by atoms with Crippen LogP contribution >= 0.6 is 0 Å². The smallest absolute Gasteiger partial charge is 0.218 e. The molecule has 0 aliphatic heterocycles. The summed E-state index contributed by atoms with van der Waals surface area (Å²) in [5.74, 6) is 0.0701. The molecule has 21 heavy (non-hydrogen) atoms. The van der Waals surface area contributed by atoms with E-state index in [1.807, 2.05) is 45.0 Å². The van der Waals surface area contributed by atoms with Gasteiger partial charge in [0, 0.05) is 19.1 Å². The molecule has 5 heteroatoms. The van der Waals surface area contributed by atoms with Gasteiger partial charge >= 0.3 is 0 Å². The van der Waals surface area contributed by atoms with Crippen LogP contribution < -0.4 is 5.32 Å². The first-order chi connectivity index (χ1) is 9.90. The molecule has 0 amide bonds. The quantitative estimate of drug-likeness (QED) is 0.713. The van der Waals surface area contributed by atoms with Crippen molar-refractivity contribution in [3.8, 4) is 0 Å². The first-order valence-electron chi connectivity index (χ1n) is 7.68. The molecule has 0 unspecified atom stereocenters. The number of benzene rings is 1. The first kappa shape index (κ1) is 18.1. The summed E-state index contributed by atoms with van der Waals surface area (Å²) < 4.78 is 26.5. The van der Waals surface area contributed by atoms with E-state index in [-0.39, 0.29) is 11.8 Å². The maximum absolute atomic E-state index is 12.5. The predicted molar refractivity (Wildman–Crippen MR) is 88.6 cm³/mol. The number of hydrogen-bond donors (Lipinski definition) is 1. The second-order valence-electron chi connectivity index (χ2n) is 5.55. The van der Waals surface area contributed by atoms with Gasteiger partial charge in [0.1, 0.15) is 0 Å². The number of nitrogens with one attached hydrogen (secondary N) is 1. The molecular weight excluding hydrogens is 284 g/mol. The number of nitrogens with zero attached hydrogens (tertiary/aromatic N) is 1. The maximum Gasteiger partial charge on any atom is 0.218 e. The van der Waals surface area contributed by atoms with Gasteiger partial charge in [0.25, 0.3) is 0 Å². The third-order valence-corrected chi connectivity index (χ3v) is 5.43. The van der Waals surface area contributed by atoms with Gasteiger partial charge in [0.05, 0.1) is 5.75 Å². The summed E-state index contributed by atoms with van der Waals surface area (Å²) in [6.07, 6.45) is 1.09. The lowest BCUT2D eigenvalue weighted by Gasteiger charge is -2.24. The molecule has 0 aromatic heterocycles. The monoisotopic (exact) mass is 312 g/mol. The van der Waals surface area contributed by atoms with E-state index in [9.17, 15) is 8.42 Å². The van der Waals surface area contributed by atoms with Crippen LogP contribution in [0.25, 0.3) is 0 Å². The molecule has 1 N–H and O–H groups in total. The highest BCUT2D eigenvalue weighted by Crippen LogP contribution is 2.15. The molecule has 1 aromatic rings. The zero-order valence-electron chi connectivity index (χ0n) is 13.6. The van der Waals surface area contributed by atoms with Crippen LogP contribution in [-0.4, -0.2) is 31.9 Å². The van der Waals surface area contributed by atoms with Gasteiger partial charge in [0.2, 0.25) is 10.0 Å². The standard InChI is InChI=1S/C16H28N2O2S/c1-5-10-17-12-15-8-7-9-16(11-15)13-21(19,20)18(6-2)14(3)4/h7-9,11,14,17H,5-6,10,12-13H2,1-4H3. The summed E-state index contributed by atoms with van der Waals surface area (Å²) in [5.41, 5.74) is 1.98. The van der Waals surface area contributed by atoms with Crippen LogP contribution in [-0.2, 0) is 22.3 Å². The lowest BCUT2D eigenvalue weighted by Crippen LogP contribution is -2.37. The first-order valence-corrected chi connectivity index (χ1v) is 9.29. The van der Waals surface area contributed by atoms with E-state index in [0.29, 0.717) is 6.54 Å². The fourth-order valence-corrected chi connectivity index (χ4v) is 4.22. The minimum absolute atomic E-state index is 0.00518. The van der Waals surface area contributed by atoms with Crippen molar-refractivity contribution in [3.05, 3.63) is 35.4 Å². The van der Waals surface area contributed by atoms with Gasteiger partial charge in [-0.15, -0.1) is 0 Å². The highest BCUT2D eigenvalue weighted by molar-refractivity contribution is 7.88. The molecule has 0 spiro atoms. The third-order valence-electron chi connectivity index (χ3n) is 3.34. The van der Waals surface area contributed by atoms with Crippen molar-refractivity contribution in [3.63, 3.8) is 0 Å². The van der Waals surface area contributed by atoms with Crippen LogP contribution in [0.3, 0.4) is 0 Å². The Labute approximate surface area is 129 Å². The highest BCUT2D eigenvalue weighted by atomic mass is 32.2.